The van der Waals surface area contributed by atoms with Crippen molar-refractivity contribution >= 4 is 47.1 Å². The summed E-state index contributed by atoms with van der Waals surface area (Å²) in [6.07, 6.45) is 4.05. The number of rotatable bonds is 4. The van der Waals surface area contributed by atoms with E-state index in [0.717, 1.165) is 42.4 Å². The Morgan fingerprint density at radius 1 is 1.00 bits per heavy atom. The Hall–Kier alpha value is -1.97. The summed E-state index contributed by atoms with van der Waals surface area (Å²) in [6, 6.07) is 10.0. The van der Waals surface area contributed by atoms with Crippen molar-refractivity contribution in [1.82, 2.24) is 4.98 Å². The fourth-order valence-corrected chi connectivity index (χ4v) is 6.03. The average Bonchev–Trinajstić information content (AvgIpc) is 3.19. The highest BCUT2D eigenvalue weighted by Crippen LogP contribution is 2.30. The van der Waals surface area contributed by atoms with Crippen LogP contribution in [0.25, 0.3) is 10.2 Å². The summed E-state index contributed by atoms with van der Waals surface area (Å²) in [5.74, 6) is 0. The lowest BCUT2D eigenvalue weighted by atomic mass is 10.1. The zero-order valence-electron chi connectivity index (χ0n) is 13.9. The SMILES string of the molecule is CS(=O)(=O)c1nc2ccc(NS(=O)(=O)c3ccc4c(c3)CCC4)cc2s1. The average molecular weight is 409 g/mol. The maximum atomic E-state index is 12.7. The van der Waals surface area contributed by atoms with E-state index >= 15 is 0 Å². The zero-order chi connectivity index (χ0) is 18.5. The molecule has 0 fully saturated rings. The van der Waals surface area contributed by atoms with Gasteiger partial charge in [0.1, 0.15) is 0 Å². The van der Waals surface area contributed by atoms with Crippen LogP contribution in [-0.4, -0.2) is 28.1 Å². The van der Waals surface area contributed by atoms with Gasteiger partial charge in [0.05, 0.1) is 20.8 Å². The van der Waals surface area contributed by atoms with Crippen LogP contribution in [0.5, 0.6) is 0 Å². The number of aromatic nitrogens is 1. The van der Waals surface area contributed by atoms with Crippen molar-refractivity contribution in [2.75, 3.05) is 11.0 Å². The molecule has 136 valence electrons. The van der Waals surface area contributed by atoms with Crippen LogP contribution in [0.4, 0.5) is 5.69 Å². The molecule has 6 nitrogen and oxygen atoms in total. The number of nitrogens with zero attached hydrogens (tertiary/aromatic N) is 1. The van der Waals surface area contributed by atoms with Crippen LogP contribution in [0, 0.1) is 0 Å². The molecule has 26 heavy (non-hydrogen) atoms. The molecule has 0 atom stereocenters. The van der Waals surface area contributed by atoms with Crippen molar-refractivity contribution < 1.29 is 16.8 Å². The quantitative estimate of drug-likeness (QED) is 0.716. The summed E-state index contributed by atoms with van der Waals surface area (Å²) in [5, 5.41) is 0. The highest BCUT2D eigenvalue weighted by Gasteiger charge is 2.19. The predicted molar refractivity (Wildman–Crippen MR) is 102 cm³/mol. The second-order valence-corrected chi connectivity index (χ2v) is 11.2. The second kappa shape index (κ2) is 6.04. The van der Waals surface area contributed by atoms with Crippen LogP contribution in [-0.2, 0) is 32.7 Å². The third-order valence-electron chi connectivity index (χ3n) is 4.32. The third kappa shape index (κ3) is 3.22. The molecule has 3 aromatic rings. The van der Waals surface area contributed by atoms with Crippen LogP contribution in [0.1, 0.15) is 17.5 Å². The summed E-state index contributed by atoms with van der Waals surface area (Å²) < 4.78 is 51.8. The number of hydrogen-bond acceptors (Lipinski definition) is 6. The van der Waals surface area contributed by atoms with E-state index in [1.807, 2.05) is 6.07 Å². The maximum Gasteiger partial charge on any atom is 0.261 e. The van der Waals surface area contributed by atoms with Crippen LogP contribution < -0.4 is 4.72 Å². The molecule has 9 heteroatoms. The molecule has 0 unspecified atom stereocenters. The molecule has 0 radical (unpaired) electrons. The monoisotopic (exact) mass is 408 g/mol. The van der Waals surface area contributed by atoms with Crippen molar-refractivity contribution in [3.05, 3.63) is 47.5 Å². The predicted octanol–water partition coefficient (Wildman–Crippen LogP) is 2.99. The highest BCUT2D eigenvalue weighted by atomic mass is 32.2. The van der Waals surface area contributed by atoms with E-state index in [0.29, 0.717) is 15.9 Å². The normalized spacial score (nSPS) is 14.5. The molecule has 0 amide bonds. The van der Waals surface area contributed by atoms with Crippen molar-refractivity contribution in [3.8, 4) is 0 Å². The first kappa shape index (κ1) is 17.4. The van der Waals surface area contributed by atoms with Gasteiger partial charge in [-0.05, 0) is 60.7 Å². The Morgan fingerprint density at radius 2 is 1.77 bits per heavy atom. The molecular weight excluding hydrogens is 392 g/mol. The van der Waals surface area contributed by atoms with Crippen LogP contribution in [0.2, 0.25) is 0 Å². The molecule has 1 N–H and O–H groups in total. The van der Waals surface area contributed by atoms with E-state index in [9.17, 15) is 16.8 Å². The molecular formula is C17H16N2O4S3. The lowest BCUT2D eigenvalue weighted by Crippen LogP contribution is -2.13. The summed E-state index contributed by atoms with van der Waals surface area (Å²) in [4.78, 5) is 4.31. The molecule has 0 saturated carbocycles. The number of thiazole rings is 1. The Labute approximate surface area is 155 Å². The van der Waals surface area contributed by atoms with Gasteiger partial charge in [-0.1, -0.05) is 6.07 Å². The first-order valence-corrected chi connectivity index (χ1v) is 12.2. The third-order valence-corrected chi connectivity index (χ3v) is 8.39. The Balaban J connectivity index is 1.67. The Kier molecular flexibility index (Phi) is 4.05. The first-order valence-electron chi connectivity index (χ1n) is 7.98. The van der Waals surface area contributed by atoms with E-state index in [-0.39, 0.29) is 9.24 Å². The summed E-state index contributed by atoms with van der Waals surface area (Å²) in [6.45, 7) is 0. The summed E-state index contributed by atoms with van der Waals surface area (Å²) in [7, 11) is -7.10. The van der Waals surface area contributed by atoms with E-state index in [1.54, 1.807) is 30.3 Å². The van der Waals surface area contributed by atoms with E-state index < -0.39 is 19.9 Å². The minimum Gasteiger partial charge on any atom is -0.280 e. The van der Waals surface area contributed by atoms with Gasteiger partial charge in [-0.15, -0.1) is 11.3 Å². The first-order chi connectivity index (χ1) is 12.2. The minimum atomic E-state index is -3.71. The molecule has 0 saturated heterocycles. The van der Waals surface area contributed by atoms with Gasteiger partial charge in [0.15, 0.2) is 0 Å². The number of benzene rings is 2. The van der Waals surface area contributed by atoms with Gasteiger partial charge in [-0.3, -0.25) is 4.72 Å². The van der Waals surface area contributed by atoms with Crippen molar-refractivity contribution in [2.45, 2.75) is 28.5 Å². The number of hydrogen-bond donors (Lipinski definition) is 1. The van der Waals surface area contributed by atoms with Crippen molar-refractivity contribution in [3.63, 3.8) is 0 Å². The zero-order valence-corrected chi connectivity index (χ0v) is 16.3. The van der Waals surface area contributed by atoms with E-state index in [2.05, 4.69) is 9.71 Å². The van der Waals surface area contributed by atoms with Gasteiger partial charge in [0.25, 0.3) is 10.0 Å². The fourth-order valence-electron chi connectivity index (χ4n) is 3.05. The smallest absolute Gasteiger partial charge is 0.261 e. The van der Waals surface area contributed by atoms with Crippen LogP contribution in [0.15, 0.2) is 45.6 Å². The van der Waals surface area contributed by atoms with Crippen molar-refractivity contribution in [2.24, 2.45) is 0 Å². The lowest BCUT2D eigenvalue weighted by Gasteiger charge is -2.09. The molecule has 1 aromatic heterocycles. The lowest BCUT2D eigenvalue weighted by molar-refractivity contribution is 0.599. The summed E-state index contributed by atoms with van der Waals surface area (Å²) >= 11 is 1.02. The summed E-state index contributed by atoms with van der Waals surface area (Å²) in [5.41, 5.74) is 3.20. The molecule has 0 spiro atoms. The molecule has 1 aliphatic carbocycles. The van der Waals surface area contributed by atoms with Crippen LogP contribution >= 0.6 is 11.3 Å². The number of anilines is 1. The molecule has 2 aromatic carbocycles. The van der Waals surface area contributed by atoms with Crippen molar-refractivity contribution in [1.29, 1.82) is 0 Å². The molecule has 0 aliphatic heterocycles. The minimum absolute atomic E-state index is 0.0196. The van der Waals surface area contributed by atoms with Gasteiger partial charge in [-0.25, -0.2) is 21.8 Å². The van der Waals surface area contributed by atoms with Crippen LogP contribution in [0.3, 0.4) is 0 Å². The highest BCUT2D eigenvalue weighted by molar-refractivity contribution is 7.93. The van der Waals surface area contributed by atoms with Gasteiger partial charge >= 0.3 is 0 Å². The largest absolute Gasteiger partial charge is 0.280 e. The molecule has 1 aliphatic rings. The standard InChI is InChI=1S/C17H16N2O4S3/c1-25(20,21)17-18-15-8-6-13(10-16(15)24-17)19-26(22,23)14-7-5-11-3-2-4-12(11)9-14/h5-10,19H,2-4H2,1H3. The van der Waals surface area contributed by atoms with Gasteiger partial charge in [0, 0.05) is 6.26 Å². The molecule has 4 rings (SSSR count). The topological polar surface area (TPSA) is 93.2 Å². The van der Waals surface area contributed by atoms with E-state index in [4.69, 9.17) is 0 Å². The number of fused-ring (bicyclic) bond motifs is 2. The van der Waals surface area contributed by atoms with Gasteiger partial charge in [0.2, 0.25) is 14.2 Å². The Bertz CT molecular complexity index is 1230. The molecule has 1 heterocycles. The number of aryl methyl sites for hydroxylation is 2. The number of sulfone groups is 1. The molecule has 0 bridgehead atoms. The number of nitrogens with one attached hydrogen (secondary N) is 1. The second-order valence-electron chi connectivity index (χ2n) is 6.32. The maximum absolute atomic E-state index is 12.7. The van der Waals surface area contributed by atoms with E-state index in [1.165, 1.54) is 5.56 Å². The van der Waals surface area contributed by atoms with Gasteiger partial charge in [-0.2, -0.15) is 0 Å². The Morgan fingerprint density at radius 3 is 2.54 bits per heavy atom. The fraction of sp³-hybridized carbons (Fsp3) is 0.235. The van der Waals surface area contributed by atoms with Gasteiger partial charge < -0.3 is 0 Å². The number of sulfonamides is 1.